The molecule has 10 nitrogen and oxygen atoms in total. The molecule has 0 saturated carbocycles. The van der Waals surface area contributed by atoms with Gasteiger partial charge < -0.3 is 9.55 Å². The number of rotatable bonds is 5. The molecule has 0 bridgehead atoms. The van der Waals surface area contributed by atoms with Gasteiger partial charge in [-0.15, -0.1) is 5.10 Å². The van der Waals surface area contributed by atoms with Crippen molar-refractivity contribution in [2.75, 3.05) is 6.26 Å². The topological polar surface area (TPSA) is 132 Å². The Hall–Kier alpha value is -3.96. The van der Waals surface area contributed by atoms with Gasteiger partial charge in [0.05, 0.1) is 11.8 Å². The second-order valence-corrected chi connectivity index (χ2v) is 10.3. The number of fused-ring (bicyclic) bond motifs is 2. The number of aromatic nitrogens is 5. The van der Waals surface area contributed by atoms with Crippen LogP contribution in [0.4, 0.5) is 0 Å². The zero-order valence-corrected chi connectivity index (χ0v) is 20.2. The van der Waals surface area contributed by atoms with E-state index in [0.29, 0.717) is 21.4 Å². The third kappa shape index (κ3) is 4.19. The van der Waals surface area contributed by atoms with Gasteiger partial charge in [0.1, 0.15) is 11.2 Å². The quantitative estimate of drug-likeness (QED) is 0.373. The van der Waals surface area contributed by atoms with Crippen molar-refractivity contribution in [1.29, 1.82) is 0 Å². The highest BCUT2D eigenvalue weighted by molar-refractivity contribution is 7.89. The SMILES string of the molecule is Cn1nnc2cc(Cn3c(C(=O)NS(C)(=O)=O)c(-c4ccc[nH]c4=O)c4cc(Cl)ccc43)ccc21. The predicted molar refractivity (Wildman–Crippen MR) is 133 cm³/mol. The van der Waals surface area contributed by atoms with E-state index >= 15 is 0 Å². The summed E-state index contributed by atoms with van der Waals surface area (Å²) in [6.45, 7) is 0.196. The lowest BCUT2D eigenvalue weighted by Gasteiger charge is -2.12. The van der Waals surface area contributed by atoms with E-state index in [0.717, 1.165) is 17.3 Å². The molecule has 5 aromatic rings. The van der Waals surface area contributed by atoms with Crippen molar-refractivity contribution >= 4 is 49.5 Å². The number of pyridine rings is 1. The zero-order chi connectivity index (χ0) is 24.9. The first-order chi connectivity index (χ1) is 16.6. The molecule has 0 aliphatic heterocycles. The summed E-state index contributed by atoms with van der Waals surface area (Å²) in [6, 6.07) is 13.8. The number of hydrogen-bond donors (Lipinski definition) is 2. The number of carbonyl (C=O) groups is 1. The molecule has 1 amide bonds. The Balaban J connectivity index is 1.81. The number of carbonyl (C=O) groups excluding carboxylic acids is 1. The van der Waals surface area contributed by atoms with E-state index in [1.807, 2.05) is 22.9 Å². The number of aromatic amines is 1. The number of hydrogen-bond acceptors (Lipinski definition) is 6. The molecule has 0 saturated heterocycles. The Kier molecular flexibility index (Phi) is 5.45. The van der Waals surface area contributed by atoms with Gasteiger partial charge in [0.25, 0.3) is 11.5 Å². The van der Waals surface area contributed by atoms with Crippen molar-refractivity contribution in [2.45, 2.75) is 6.54 Å². The van der Waals surface area contributed by atoms with Crippen molar-refractivity contribution in [1.82, 2.24) is 29.3 Å². The fourth-order valence-electron chi connectivity index (χ4n) is 4.20. The van der Waals surface area contributed by atoms with Gasteiger partial charge >= 0.3 is 0 Å². The van der Waals surface area contributed by atoms with Crippen molar-refractivity contribution in [3.05, 3.63) is 81.4 Å². The van der Waals surface area contributed by atoms with E-state index in [4.69, 9.17) is 11.6 Å². The monoisotopic (exact) mass is 510 g/mol. The maximum Gasteiger partial charge on any atom is 0.282 e. The molecule has 0 aliphatic rings. The smallest absolute Gasteiger partial charge is 0.282 e. The van der Waals surface area contributed by atoms with Crippen LogP contribution in [0.25, 0.3) is 33.1 Å². The van der Waals surface area contributed by atoms with Crippen LogP contribution in [-0.4, -0.2) is 45.1 Å². The van der Waals surface area contributed by atoms with Crippen LogP contribution in [0.15, 0.2) is 59.5 Å². The summed E-state index contributed by atoms with van der Waals surface area (Å²) in [5, 5.41) is 9.10. The maximum atomic E-state index is 13.4. The van der Waals surface area contributed by atoms with E-state index in [-0.39, 0.29) is 23.4 Å². The van der Waals surface area contributed by atoms with E-state index in [9.17, 15) is 18.0 Å². The van der Waals surface area contributed by atoms with Gasteiger partial charge in [-0.2, -0.15) is 0 Å². The van der Waals surface area contributed by atoms with Crippen LogP contribution in [-0.2, 0) is 23.6 Å². The third-order valence-corrected chi connectivity index (χ3v) is 6.41. The van der Waals surface area contributed by atoms with E-state index in [2.05, 4.69) is 15.3 Å². The second-order valence-electron chi connectivity index (χ2n) is 8.12. The Morgan fingerprint density at radius 2 is 1.91 bits per heavy atom. The van der Waals surface area contributed by atoms with E-state index in [1.165, 1.54) is 6.20 Å². The number of nitrogens with zero attached hydrogens (tertiary/aromatic N) is 4. The third-order valence-electron chi connectivity index (χ3n) is 5.62. The second kappa shape index (κ2) is 8.36. The Morgan fingerprint density at radius 3 is 2.66 bits per heavy atom. The number of amides is 1. The minimum atomic E-state index is -3.89. The van der Waals surface area contributed by atoms with E-state index in [1.54, 1.807) is 46.6 Å². The average molecular weight is 511 g/mol. The summed E-state index contributed by atoms with van der Waals surface area (Å²) in [7, 11) is -2.10. The molecule has 0 unspecified atom stereocenters. The molecule has 0 fully saturated rings. The lowest BCUT2D eigenvalue weighted by atomic mass is 10.0. The highest BCUT2D eigenvalue weighted by Gasteiger charge is 2.27. The number of aryl methyl sites for hydroxylation is 1. The number of benzene rings is 2. The molecular weight excluding hydrogens is 492 g/mol. The van der Waals surface area contributed by atoms with Gasteiger partial charge in [0.2, 0.25) is 10.0 Å². The highest BCUT2D eigenvalue weighted by atomic mass is 35.5. The summed E-state index contributed by atoms with van der Waals surface area (Å²) in [5.74, 6) is -0.862. The first-order valence-electron chi connectivity index (χ1n) is 10.4. The Bertz CT molecular complexity index is 1800. The average Bonchev–Trinajstić information content (AvgIpc) is 3.30. The minimum Gasteiger partial charge on any atom is -0.331 e. The molecule has 5 rings (SSSR count). The van der Waals surface area contributed by atoms with Crippen LogP contribution in [0.1, 0.15) is 16.1 Å². The lowest BCUT2D eigenvalue weighted by molar-refractivity contribution is 0.0974. The minimum absolute atomic E-state index is 0.0173. The fourth-order valence-corrected chi connectivity index (χ4v) is 4.81. The van der Waals surface area contributed by atoms with Gasteiger partial charge in [-0.1, -0.05) is 22.9 Å². The van der Waals surface area contributed by atoms with Crippen LogP contribution >= 0.6 is 11.6 Å². The molecule has 12 heteroatoms. The van der Waals surface area contributed by atoms with Gasteiger partial charge in [0.15, 0.2) is 0 Å². The van der Waals surface area contributed by atoms with Gasteiger partial charge in [-0.3, -0.25) is 9.59 Å². The highest BCUT2D eigenvalue weighted by Crippen LogP contribution is 2.36. The molecule has 0 radical (unpaired) electrons. The van der Waals surface area contributed by atoms with Gasteiger partial charge in [-0.25, -0.2) is 17.8 Å². The summed E-state index contributed by atoms with van der Waals surface area (Å²) >= 11 is 6.28. The molecule has 0 spiro atoms. The Morgan fingerprint density at radius 1 is 1.14 bits per heavy atom. The molecule has 0 atom stereocenters. The first-order valence-corrected chi connectivity index (χ1v) is 12.7. The lowest BCUT2D eigenvalue weighted by Crippen LogP contribution is -2.31. The van der Waals surface area contributed by atoms with Gasteiger partial charge in [0, 0.05) is 46.8 Å². The summed E-state index contributed by atoms with van der Waals surface area (Å²) in [6.07, 6.45) is 2.37. The van der Waals surface area contributed by atoms with E-state index < -0.39 is 21.5 Å². The number of H-pyrrole nitrogens is 1. The molecule has 178 valence electrons. The molecule has 3 aromatic heterocycles. The number of sulfonamides is 1. The molecular formula is C23H19ClN6O4S. The van der Waals surface area contributed by atoms with Crippen LogP contribution in [0.2, 0.25) is 5.02 Å². The molecule has 0 aliphatic carbocycles. The number of halogens is 1. The summed E-state index contributed by atoms with van der Waals surface area (Å²) in [4.78, 5) is 28.7. The molecule has 3 heterocycles. The van der Waals surface area contributed by atoms with Crippen LogP contribution < -0.4 is 10.3 Å². The van der Waals surface area contributed by atoms with Gasteiger partial charge in [-0.05, 0) is 48.0 Å². The first kappa shape index (κ1) is 22.8. The summed E-state index contributed by atoms with van der Waals surface area (Å²) in [5.41, 5.74) is 2.99. The van der Waals surface area contributed by atoms with Crippen molar-refractivity contribution in [3.63, 3.8) is 0 Å². The predicted octanol–water partition coefficient (Wildman–Crippen LogP) is 2.67. The molecule has 2 N–H and O–H groups in total. The normalized spacial score (nSPS) is 11.9. The van der Waals surface area contributed by atoms with Crippen molar-refractivity contribution in [3.8, 4) is 11.1 Å². The van der Waals surface area contributed by atoms with Crippen LogP contribution in [0.3, 0.4) is 0 Å². The van der Waals surface area contributed by atoms with Crippen molar-refractivity contribution < 1.29 is 13.2 Å². The standard InChI is InChI=1S/C23H19ClN6O4S/c1-29-19-7-5-13(10-17(19)26-28-29)12-30-18-8-6-14(24)11-16(18)20(15-4-3-9-25-22(15)31)21(30)23(32)27-35(2,33)34/h3-11H,12H2,1-2H3,(H,25,31)(H,27,32). The Labute approximate surface area is 204 Å². The molecule has 35 heavy (non-hydrogen) atoms. The molecule has 2 aromatic carbocycles. The zero-order valence-electron chi connectivity index (χ0n) is 18.6. The fraction of sp³-hybridized carbons (Fsp3) is 0.130. The summed E-state index contributed by atoms with van der Waals surface area (Å²) < 4.78 is 29.3. The van der Waals surface area contributed by atoms with Crippen molar-refractivity contribution in [2.24, 2.45) is 7.05 Å². The number of nitrogens with one attached hydrogen (secondary N) is 2. The van der Waals surface area contributed by atoms with Crippen LogP contribution in [0.5, 0.6) is 0 Å². The van der Waals surface area contributed by atoms with Crippen LogP contribution in [0, 0.1) is 0 Å². The maximum absolute atomic E-state index is 13.4. The largest absolute Gasteiger partial charge is 0.331 e.